The van der Waals surface area contributed by atoms with Crippen LogP contribution in [0.15, 0.2) is 30.6 Å². The average molecular weight is 715 g/mol. The van der Waals surface area contributed by atoms with E-state index in [1.807, 2.05) is 0 Å². The third-order valence-electron chi connectivity index (χ3n) is 7.48. The number of para-hydroxylation sites is 1. The number of Topliss-reactive ketones (excluding diaryl/α,β-unsaturated/α-hetero) is 1. The van der Waals surface area contributed by atoms with Crippen molar-refractivity contribution in [2.24, 2.45) is 0 Å². The Labute approximate surface area is 282 Å². The van der Waals surface area contributed by atoms with E-state index in [2.05, 4.69) is 20.0 Å². The molecule has 15 nitrogen and oxygen atoms in total. The summed E-state index contributed by atoms with van der Waals surface area (Å²) in [6, 6.07) is 5.17. The lowest BCUT2D eigenvalue weighted by atomic mass is 9.99. The Morgan fingerprint density at radius 2 is 1.96 bits per heavy atom. The highest BCUT2D eigenvalue weighted by molar-refractivity contribution is 7.52. The van der Waals surface area contributed by atoms with Gasteiger partial charge in [-0.2, -0.15) is 5.09 Å². The lowest BCUT2D eigenvalue weighted by Gasteiger charge is -2.32. The van der Waals surface area contributed by atoms with Gasteiger partial charge in [-0.1, -0.05) is 18.2 Å². The monoisotopic (exact) mass is 714 g/mol. The van der Waals surface area contributed by atoms with Gasteiger partial charge in [-0.05, 0) is 45.7 Å². The molecule has 3 heterocycles. The third-order valence-corrected chi connectivity index (χ3v) is 9.55. The van der Waals surface area contributed by atoms with E-state index >= 15 is 4.39 Å². The number of benzene rings is 1. The number of anilines is 1. The zero-order valence-corrected chi connectivity index (χ0v) is 29.2. The van der Waals surface area contributed by atoms with Crippen LogP contribution in [0, 0.1) is 6.92 Å². The zero-order chi connectivity index (χ0) is 35.4. The minimum atomic E-state index is -4.58. The zero-order valence-electron chi connectivity index (χ0n) is 27.5. The van der Waals surface area contributed by atoms with Crippen molar-refractivity contribution in [1.29, 1.82) is 0 Å². The maximum Gasteiger partial charge on any atom is 0.459 e. The van der Waals surface area contributed by atoms with Crippen LogP contribution >= 0.6 is 19.3 Å². The highest BCUT2D eigenvalue weighted by Crippen LogP contribution is 2.49. The number of alkyl halides is 2. The van der Waals surface area contributed by atoms with Gasteiger partial charge in [0, 0.05) is 20.5 Å². The number of carbonyl (C=O) groups excluding carboxylic acids is 2. The van der Waals surface area contributed by atoms with E-state index in [9.17, 15) is 19.3 Å². The normalized spacial score (nSPS) is 22.9. The van der Waals surface area contributed by atoms with Gasteiger partial charge in [0.25, 0.3) is 0 Å². The number of esters is 1. The van der Waals surface area contributed by atoms with Gasteiger partial charge in [0.05, 0.1) is 24.9 Å². The Balaban J connectivity index is 1.65. The van der Waals surface area contributed by atoms with Crippen molar-refractivity contribution in [3.8, 4) is 5.75 Å². The van der Waals surface area contributed by atoms with Crippen LogP contribution in [-0.4, -0.2) is 105 Å². The van der Waals surface area contributed by atoms with Crippen LogP contribution in [0.25, 0.3) is 11.2 Å². The molecule has 2 aromatic heterocycles. The molecule has 1 aliphatic rings. The number of aliphatic hydroxyl groups is 2. The molecule has 0 saturated carbocycles. The van der Waals surface area contributed by atoms with E-state index in [-0.39, 0.29) is 24.2 Å². The first-order valence-electron chi connectivity index (χ1n) is 15.2. The van der Waals surface area contributed by atoms with Gasteiger partial charge < -0.3 is 29.1 Å². The Morgan fingerprint density at radius 3 is 2.60 bits per heavy atom. The number of aromatic nitrogens is 4. The van der Waals surface area contributed by atoms with Gasteiger partial charge in [-0.3, -0.25) is 18.7 Å². The molecule has 3 aromatic rings. The molecule has 1 unspecified atom stereocenters. The van der Waals surface area contributed by atoms with Gasteiger partial charge in [-0.15, -0.1) is 11.6 Å². The maximum atomic E-state index is 15.9. The van der Waals surface area contributed by atoms with Crippen LogP contribution in [0.2, 0.25) is 0 Å². The molecular formula is C30H41ClFN6O9P. The van der Waals surface area contributed by atoms with Crippen molar-refractivity contribution >= 4 is 48.1 Å². The van der Waals surface area contributed by atoms with Crippen molar-refractivity contribution in [1.82, 2.24) is 24.6 Å². The molecule has 0 bridgehead atoms. The van der Waals surface area contributed by atoms with Crippen molar-refractivity contribution in [2.45, 2.75) is 76.8 Å². The predicted octanol–water partition coefficient (Wildman–Crippen LogP) is 3.03. The SMILES string of the molecule is Cc1nc(N(C)C)c2ncn([C@@H]3O[C@](CCl)(COP(=O)(N[C@@H](C)C(=O)OC(C)C)Oc4ccccc4CCC(=O)CO)[C@@H](O)[C@H]3F)c2n1. The standard InChI is InChI=1S/C30H41ClFN6O9P/c1-17(2)45-29(42)18(3)36-48(43,47-22-10-8-7-9-20(22)11-12-21(40)13-39)44-15-30(14-31)25(41)23(32)28(46-30)38-16-33-24-26(37(5)6)34-19(4)35-27(24)38/h7-10,16-18,23,25,28,39,41H,11-15H2,1-6H3,(H,36,43)/t18-,23+,25-,28+,30+,48?/m0/s1. The van der Waals surface area contributed by atoms with Gasteiger partial charge in [0.1, 0.15) is 35.9 Å². The van der Waals surface area contributed by atoms with E-state index in [0.29, 0.717) is 22.7 Å². The molecular weight excluding hydrogens is 674 g/mol. The van der Waals surface area contributed by atoms with Crippen LogP contribution in [-0.2, 0) is 34.6 Å². The van der Waals surface area contributed by atoms with E-state index in [1.54, 1.807) is 58.0 Å². The maximum absolute atomic E-state index is 15.9. The molecule has 48 heavy (non-hydrogen) atoms. The number of carbonyl (C=O) groups is 2. The number of nitrogens with zero attached hydrogens (tertiary/aromatic N) is 5. The van der Waals surface area contributed by atoms with Crippen LogP contribution in [0.3, 0.4) is 0 Å². The number of rotatable bonds is 16. The van der Waals surface area contributed by atoms with E-state index in [4.69, 9.17) is 35.2 Å². The van der Waals surface area contributed by atoms with Crippen molar-refractivity contribution < 1.29 is 47.3 Å². The van der Waals surface area contributed by atoms with Crippen LogP contribution in [0.4, 0.5) is 10.2 Å². The lowest BCUT2D eigenvalue weighted by molar-refractivity contribution is -0.149. The van der Waals surface area contributed by atoms with Gasteiger partial charge in [0.15, 0.2) is 35.2 Å². The topological polar surface area (TPSA) is 187 Å². The second-order valence-corrected chi connectivity index (χ2v) is 13.9. The number of hydrogen-bond acceptors (Lipinski definition) is 13. The minimum Gasteiger partial charge on any atom is -0.462 e. The number of ether oxygens (including phenoxy) is 2. The molecule has 0 amide bonds. The minimum absolute atomic E-state index is 0.0232. The van der Waals surface area contributed by atoms with E-state index in [0.717, 1.165) is 0 Å². The smallest absolute Gasteiger partial charge is 0.459 e. The summed E-state index contributed by atoms with van der Waals surface area (Å²) < 4.78 is 54.6. The molecule has 18 heteroatoms. The summed E-state index contributed by atoms with van der Waals surface area (Å²) in [5.74, 6) is -0.733. The number of imidazole rings is 1. The lowest BCUT2D eigenvalue weighted by Crippen LogP contribution is -2.48. The summed E-state index contributed by atoms with van der Waals surface area (Å²) in [5, 5.41) is 22.9. The number of hydrogen-bond donors (Lipinski definition) is 3. The Bertz CT molecular complexity index is 1660. The summed E-state index contributed by atoms with van der Waals surface area (Å²) in [6.07, 6.45) is -4.44. The van der Waals surface area contributed by atoms with Crippen molar-refractivity contribution in [2.75, 3.05) is 38.1 Å². The second-order valence-electron chi connectivity index (χ2n) is 11.9. The molecule has 264 valence electrons. The predicted molar refractivity (Wildman–Crippen MR) is 174 cm³/mol. The number of aryl methyl sites for hydroxylation is 2. The molecule has 0 aliphatic carbocycles. The first-order valence-corrected chi connectivity index (χ1v) is 17.3. The fourth-order valence-corrected chi connectivity index (χ4v) is 6.88. The first kappa shape index (κ1) is 37.6. The van der Waals surface area contributed by atoms with E-state index < -0.39 is 74.8 Å². The van der Waals surface area contributed by atoms with Gasteiger partial charge in [-0.25, -0.2) is 23.9 Å². The Kier molecular flexibility index (Phi) is 12.2. The average Bonchev–Trinajstić information content (AvgIpc) is 3.56. The highest BCUT2D eigenvalue weighted by Gasteiger charge is 2.57. The fraction of sp³-hybridized carbons (Fsp3) is 0.567. The number of nitrogens with one attached hydrogen (secondary N) is 1. The molecule has 6 atom stereocenters. The number of halogens is 2. The third kappa shape index (κ3) is 8.30. The second kappa shape index (κ2) is 15.5. The Morgan fingerprint density at radius 1 is 1.25 bits per heavy atom. The van der Waals surface area contributed by atoms with Crippen molar-refractivity contribution in [3.05, 3.63) is 42.0 Å². The molecule has 1 fully saturated rings. The molecule has 1 aliphatic heterocycles. The summed E-state index contributed by atoms with van der Waals surface area (Å²) in [6.45, 7) is 4.96. The largest absolute Gasteiger partial charge is 0.462 e. The van der Waals surface area contributed by atoms with Crippen LogP contribution < -0.4 is 14.5 Å². The molecule has 0 spiro atoms. The van der Waals surface area contributed by atoms with Crippen LogP contribution in [0.1, 0.15) is 44.8 Å². The first-order chi connectivity index (χ1) is 22.6. The molecule has 0 radical (unpaired) electrons. The van der Waals surface area contributed by atoms with Crippen LogP contribution in [0.5, 0.6) is 5.75 Å². The Hall–Kier alpha value is -3.24. The molecule has 4 rings (SSSR count). The molecule has 1 saturated heterocycles. The van der Waals surface area contributed by atoms with E-state index in [1.165, 1.54) is 23.9 Å². The summed E-state index contributed by atoms with van der Waals surface area (Å²) in [4.78, 5) is 39.3. The quantitative estimate of drug-likeness (QED) is 0.112. The van der Waals surface area contributed by atoms with Gasteiger partial charge >= 0.3 is 13.7 Å². The summed E-state index contributed by atoms with van der Waals surface area (Å²) in [7, 11) is -1.03. The van der Waals surface area contributed by atoms with Crippen molar-refractivity contribution in [3.63, 3.8) is 0 Å². The number of ketones is 1. The summed E-state index contributed by atoms with van der Waals surface area (Å²) >= 11 is 6.31. The fourth-order valence-electron chi connectivity index (χ4n) is 5.00. The number of aliphatic hydroxyl groups excluding tert-OH is 2. The van der Waals surface area contributed by atoms with Gasteiger partial charge in [0.2, 0.25) is 0 Å². The molecule has 3 N–H and O–H groups in total. The molecule has 1 aromatic carbocycles. The highest BCUT2D eigenvalue weighted by atomic mass is 35.5. The number of fused-ring (bicyclic) bond motifs is 1. The summed E-state index contributed by atoms with van der Waals surface area (Å²) in [5.41, 5.74) is -0.873.